The first-order chi connectivity index (χ1) is 5.81. The second-order valence-corrected chi connectivity index (χ2v) is 2.94. The van der Waals surface area contributed by atoms with E-state index in [-0.39, 0.29) is 0 Å². The standard InChI is InChI=1S/C9H10N2O/c1-6-2-3-8-7(5-12)4-10-9(8)11-6/h2-6,10-11H,1H3. The third kappa shape index (κ3) is 0.942. The van der Waals surface area contributed by atoms with Crippen molar-refractivity contribution in [1.82, 2.24) is 4.98 Å². The van der Waals surface area contributed by atoms with Crippen molar-refractivity contribution in [2.75, 3.05) is 5.32 Å². The number of nitrogens with one attached hydrogen (secondary N) is 2. The third-order valence-corrected chi connectivity index (χ3v) is 2.00. The molecule has 2 N–H and O–H groups in total. The van der Waals surface area contributed by atoms with Crippen LogP contribution in [0.15, 0.2) is 12.3 Å². The highest BCUT2D eigenvalue weighted by Gasteiger charge is 2.12. The lowest BCUT2D eigenvalue weighted by atomic mass is 10.1. The van der Waals surface area contributed by atoms with Crippen LogP contribution in [0.4, 0.5) is 5.82 Å². The summed E-state index contributed by atoms with van der Waals surface area (Å²) in [5.74, 6) is 0.937. The molecule has 0 saturated carbocycles. The lowest BCUT2D eigenvalue weighted by Crippen LogP contribution is -2.15. The van der Waals surface area contributed by atoms with Gasteiger partial charge in [-0.2, -0.15) is 0 Å². The van der Waals surface area contributed by atoms with Gasteiger partial charge in [0.15, 0.2) is 6.29 Å². The first-order valence-corrected chi connectivity index (χ1v) is 3.92. The molecule has 12 heavy (non-hydrogen) atoms. The van der Waals surface area contributed by atoms with Gasteiger partial charge in [0, 0.05) is 23.4 Å². The van der Waals surface area contributed by atoms with Crippen molar-refractivity contribution in [3.8, 4) is 0 Å². The Morgan fingerprint density at radius 1 is 1.58 bits per heavy atom. The van der Waals surface area contributed by atoms with Crippen LogP contribution in [0.5, 0.6) is 0 Å². The van der Waals surface area contributed by atoms with Gasteiger partial charge in [-0.3, -0.25) is 4.79 Å². The number of H-pyrrole nitrogens is 1. The van der Waals surface area contributed by atoms with E-state index in [1.54, 1.807) is 6.20 Å². The van der Waals surface area contributed by atoms with Crippen molar-refractivity contribution in [3.05, 3.63) is 23.4 Å². The Morgan fingerprint density at radius 2 is 2.42 bits per heavy atom. The Morgan fingerprint density at radius 3 is 3.17 bits per heavy atom. The topological polar surface area (TPSA) is 44.9 Å². The molecular weight excluding hydrogens is 152 g/mol. The molecule has 2 rings (SSSR count). The molecule has 1 aliphatic rings. The number of aromatic amines is 1. The molecule has 1 atom stereocenters. The first kappa shape index (κ1) is 7.16. The summed E-state index contributed by atoms with van der Waals surface area (Å²) in [6.07, 6.45) is 6.57. The minimum atomic E-state index is 0.329. The van der Waals surface area contributed by atoms with Crippen molar-refractivity contribution in [2.45, 2.75) is 13.0 Å². The number of hydrogen-bond donors (Lipinski definition) is 2. The number of carbonyl (C=O) groups excluding carboxylic acids is 1. The molecule has 0 fully saturated rings. The fourth-order valence-corrected chi connectivity index (χ4v) is 1.36. The zero-order valence-electron chi connectivity index (χ0n) is 6.79. The van der Waals surface area contributed by atoms with Gasteiger partial charge in [0.2, 0.25) is 0 Å². The second-order valence-electron chi connectivity index (χ2n) is 2.94. The summed E-state index contributed by atoms with van der Waals surface area (Å²) >= 11 is 0. The Bertz CT molecular complexity index is 338. The van der Waals surface area contributed by atoms with E-state index in [2.05, 4.69) is 17.2 Å². The van der Waals surface area contributed by atoms with Crippen LogP contribution in [0.3, 0.4) is 0 Å². The van der Waals surface area contributed by atoms with Crippen LogP contribution in [-0.2, 0) is 0 Å². The molecule has 0 bridgehead atoms. The number of carbonyl (C=O) groups is 1. The molecular formula is C9H10N2O. The Hall–Kier alpha value is -1.51. The number of fused-ring (bicyclic) bond motifs is 1. The number of aldehydes is 1. The predicted octanol–water partition coefficient (Wildman–Crippen LogP) is 1.65. The normalized spacial score (nSPS) is 19.9. The van der Waals surface area contributed by atoms with E-state index in [1.165, 1.54) is 0 Å². The van der Waals surface area contributed by atoms with Crippen molar-refractivity contribution in [2.24, 2.45) is 0 Å². The molecule has 3 nitrogen and oxygen atoms in total. The van der Waals surface area contributed by atoms with E-state index in [0.717, 1.165) is 17.7 Å². The molecule has 1 aromatic heterocycles. The molecule has 1 unspecified atom stereocenters. The van der Waals surface area contributed by atoms with Crippen molar-refractivity contribution >= 4 is 18.2 Å². The maximum atomic E-state index is 10.5. The quantitative estimate of drug-likeness (QED) is 0.617. The molecule has 0 aliphatic carbocycles. The summed E-state index contributed by atoms with van der Waals surface area (Å²) in [6.45, 7) is 2.06. The molecule has 2 heterocycles. The van der Waals surface area contributed by atoms with Gasteiger partial charge in [-0.25, -0.2) is 0 Å². The molecule has 1 aliphatic heterocycles. The smallest absolute Gasteiger partial charge is 0.152 e. The van der Waals surface area contributed by atoms with Gasteiger partial charge in [0.1, 0.15) is 5.82 Å². The molecule has 0 spiro atoms. The van der Waals surface area contributed by atoms with Crippen LogP contribution in [-0.4, -0.2) is 17.3 Å². The fraction of sp³-hybridized carbons (Fsp3) is 0.222. The van der Waals surface area contributed by atoms with E-state index in [0.29, 0.717) is 11.6 Å². The van der Waals surface area contributed by atoms with Gasteiger partial charge in [0.05, 0.1) is 0 Å². The molecule has 0 aromatic carbocycles. The average Bonchev–Trinajstić information content (AvgIpc) is 2.46. The van der Waals surface area contributed by atoms with Crippen LogP contribution in [0.25, 0.3) is 6.08 Å². The van der Waals surface area contributed by atoms with Crippen LogP contribution in [0, 0.1) is 0 Å². The van der Waals surface area contributed by atoms with Crippen molar-refractivity contribution < 1.29 is 4.79 Å². The summed E-state index contributed by atoms with van der Waals surface area (Å²) < 4.78 is 0. The van der Waals surface area contributed by atoms with Crippen molar-refractivity contribution in [1.29, 1.82) is 0 Å². The highest BCUT2D eigenvalue weighted by molar-refractivity contribution is 5.87. The highest BCUT2D eigenvalue weighted by atomic mass is 16.1. The fourth-order valence-electron chi connectivity index (χ4n) is 1.36. The van der Waals surface area contributed by atoms with Gasteiger partial charge in [0.25, 0.3) is 0 Å². The molecule has 0 saturated heterocycles. The maximum absolute atomic E-state index is 10.5. The molecule has 1 aromatic rings. The largest absolute Gasteiger partial charge is 0.365 e. The molecule has 0 radical (unpaired) electrons. The molecule has 0 amide bonds. The average molecular weight is 162 g/mol. The van der Waals surface area contributed by atoms with E-state index >= 15 is 0 Å². The SMILES string of the molecule is CC1C=Cc2c(C=O)c[nH]c2N1. The Labute approximate surface area is 70.5 Å². The van der Waals surface area contributed by atoms with Gasteiger partial charge in [-0.1, -0.05) is 12.2 Å². The molecule has 62 valence electrons. The zero-order chi connectivity index (χ0) is 8.55. The summed E-state index contributed by atoms with van der Waals surface area (Å²) in [6, 6.07) is 0.329. The Balaban J connectivity index is 2.48. The van der Waals surface area contributed by atoms with Crippen molar-refractivity contribution in [3.63, 3.8) is 0 Å². The number of anilines is 1. The summed E-state index contributed by atoms with van der Waals surface area (Å²) in [7, 11) is 0. The van der Waals surface area contributed by atoms with Gasteiger partial charge in [-0.15, -0.1) is 0 Å². The second kappa shape index (κ2) is 2.52. The summed E-state index contributed by atoms with van der Waals surface area (Å²) in [5.41, 5.74) is 1.67. The van der Waals surface area contributed by atoms with Crippen LogP contribution >= 0.6 is 0 Å². The maximum Gasteiger partial charge on any atom is 0.152 e. The minimum Gasteiger partial charge on any atom is -0.365 e. The number of hydrogen-bond acceptors (Lipinski definition) is 2. The predicted molar refractivity (Wildman–Crippen MR) is 48.3 cm³/mol. The van der Waals surface area contributed by atoms with E-state index < -0.39 is 0 Å². The van der Waals surface area contributed by atoms with E-state index in [9.17, 15) is 4.79 Å². The van der Waals surface area contributed by atoms with Crippen LogP contribution < -0.4 is 5.32 Å². The summed E-state index contributed by atoms with van der Waals surface area (Å²) in [4.78, 5) is 13.6. The first-order valence-electron chi connectivity index (χ1n) is 3.92. The number of rotatable bonds is 1. The zero-order valence-corrected chi connectivity index (χ0v) is 6.79. The number of aromatic nitrogens is 1. The minimum absolute atomic E-state index is 0.329. The van der Waals surface area contributed by atoms with Crippen LogP contribution in [0.1, 0.15) is 22.8 Å². The van der Waals surface area contributed by atoms with Gasteiger partial charge < -0.3 is 10.3 Å². The molecule has 3 heteroatoms. The summed E-state index contributed by atoms with van der Waals surface area (Å²) in [5, 5.41) is 3.21. The third-order valence-electron chi connectivity index (χ3n) is 2.00. The monoisotopic (exact) mass is 162 g/mol. The lowest BCUT2D eigenvalue weighted by Gasteiger charge is -2.15. The van der Waals surface area contributed by atoms with Crippen LogP contribution in [0.2, 0.25) is 0 Å². The van der Waals surface area contributed by atoms with E-state index in [1.807, 2.05) is 12.2 Å². The Kier molecular flexibility index (Phi) is 1.50. The van der Waals surface area contributed by atoms with Gasteiger partial charge in [-0.05, 0) is 6.92 Å². The highest BCUT2D eigenvalue weighted by Crippen LogP contribution is 2.24. The van der Waals surface area contributed by atoms with Gasteiger partial charge >= 0.3 is 0 Å². The lowest BCUT2D eigenvalue weighted by molar-refractivity contribution is 0.112. The van der Waals surface area contributed by atoms with E-state index in [4.69, 9.17) is 0 Å².